The first-order chi connectivity index (χ1) is 19.2. The van der Waals surface area contributed by atoms with E-state index in [1.165, 1.54) is 31.9 Å². The van der Waals surface area contributed by atoms with Crippen molar-refractivity contribution >= 4 is 28.5 Å². The Balaban J connectivity index is 1.49. The fourth-order valence-corrected chi connectivity index (χ4v) is 7.07. The molecule has 2 aliphatic carbocycles. The summed E-state index contributed by atoms with van der Waals surface area (Å²) in [4.78, 5) is 45.1. The van der Waals surface area contributed by atoms with Crippen LogP contribution in [0.2, 0.25) is 0 Å². The lowest BCUT2D eigenvalue weighted by Gasteiger charge is -2.37. The van der Waals surface area contributed by atoms with Crippen molar-refractivity contribution in [3.63, 3.8) is 0 Å². The highest BCUT2D eigenvalue weighted by atomic mass is 19.4. The number of fused-ring (bicyclic) bond motifs is 6. The molecule has 0 unspecified atom stereocenters. The molecule has 2 aromatic rings. The molecule has 2 heterocycles. The van der Waals surface area contributed by atoms with Crippen molar-refractivity contribution < 1.29 is 31.9 Å². The van der Waals surface area contributed by atoms with Gasteiger partial charge in [0.25, 0.3) is 0 Å². The van der Waals surface area contributed by atoms with Crippen LogP contribution in [0.15, 0.2) is 36.7 Å². The van der Waals surface area contributed by atoms with Gasteiger partial charge in [0.2, 0.25) is 11.8 Å². The highest BCUT2D eigenvalue weighted by Crippen LogP contribution is 2.58. The van der Waals surface area contributed by atoms with Crippen molar-refractivity contribution in [2.24, 2.45) is 29.1 Å². The van der Waals surface area contributed by atoms with Crippen molar-refractivity contribution in [2.75, 3.05) is 6.54 Å². The average Bonchev–Trinajstić information content (AvgIpc) is 3.58. The molecule has 1 aromatic heterocycles. The number of hydrogen-bond acceptors (Lipinski definition) is 5. The van der Waals surface area contributed by atoms with E-state index >= 15 is 0 Å². The molecule has 12 heteroatoms. The van der Waals surface area contributed by atoms with Crippen LogP contribution in [0.5, 0.6) is 0 Å². The Morgan fingerprint density at radius 3 is 2.44 bits per heavy atom. The van der Waals surface area contributed by atoms with Crippen LogP contribution in [0, 0.1) is 40.4 Å². The van der Waals surface area contributed by atoms with E-state index in [1.807, 2.05) is 17.4 Å². The van der Waals surface area contributed by atoms with Gasteiger partial charge in [-0.25, -0.2) is 4.39 Å². The van der Waals surface area contributed by atoms with Crippen LogP contribution in [-0.4, -0.2) is 58.6 Å². The van der Waals surface area contributed by atoms with E-state index in [-0.39, 0.29) is 18.4 Å². The Kier molecular flexibility index (Phi) is 7.20. The second-order valence-electron chi connectivity index (χ2n) is 12.4. The molecule has 1 aliphatic heterocycles. The molecule has 3 aliphatic rings. The van der Waals surface area contributed by atoms with Gasteiger partial charge in [0, 0.05) is 29.9 Å². The number of nitriles is 1. The lowest BCUT2D eigenvalue weighted by Crippen LogP contribution is -2.60. The predicted octanol–water partition coefficient (Wildman–Crippen LogP) is 3.83. The first-order valence-electron chi connectivity index (χ1n) is 13.6. The second kappa shape index (κ2) is 10.3. The first kappa shape index (κ1) is 28.8. The van der Waals surface area contributed by atoms with Crippen LogP contribution in [-0.2, 0) is 14.4 Å². The van der Waals surface area contributed by atoms with Gasteiger partial charge in [0.05, 0.1) is 6.07 Å². The predicted molar refractivity (Wildman–Crippen MR) is 139 cm³/mol. The van der Waals surface area contributed by atoms with Gasteiger partial charge in [0.1, 0.15) is 24.3 Å². The number of halogens is 4. The Labute approximate surface area is 234 Å². The van der Waals surface area contributed by atoms with E-state index in [4.69, 9.17) is 0 Å². The maximum Gasteiger partial charge on any atom is 0.471 e. The van der Waals surface area contributed by atoms with Gasteiger partial charge in [-0.2, -0.15) is 18.4 Å². The fraction of sp³-hybridized carbons (Fsp3) is 0.552. The molecule has 218 valence electrons. The molecule has 8 atom stereocenters. The number of alkyl halides is 4. The minimum Gasteiger partial charge on any atom is -0.336 e. The number of benzene rings is 1. The molecule has 3 amide bonds. The highest BCUT2D eigenvalue weighted by molar-refractivity contribution is 5.95. The molecule has 2 saturated carbocycles. The summed E-state index contributed by atoms with van der Waals surface area (Å²) in [6, 6.07) is 5.28. The first-order valence-corrected chi connectivity index (χ1v) is 13.6. The van der Waals surface area contributed by atoms with Crippen molar-refractivity contribution in [3.8, 4) is 6.07 Å². The molecule has 0 radical (unpaired) electrons. The Morgan fingerprint density at radius 1 is 1.07 bits per heavy atom. The minimum atomic E-state index is -5.21. The number of hydrogen-bond donors (Lipinski definition) is 2. The van der Waals surface area contributed by atoms with E-state index in [9.17, 15) is 37.2 Å². The summed E-state index contributed by atoms with van der Waals surface area (Å²) in [5.41, 5.74) is -0.699. The molecule has 2 N–H and O–H groups in total. The Bertz CT molecular complexity index is 1410. The van der Waals surface area contributed by atoms with Crippen LogP contribution < -0.4 is 10.6 Å². The third-order valence-corrected chi connectivity index (χ3v) is 8.89. The standard InChI is InChI=1S/C29H31F4N5O3/c1-28(2,3)24(37-27(41)29(31,32)33)26(40)38-13-19-15-8-17(20(30)9-15)22(19)23(38)25(39)36-21(10-34)18-12-35-11-14-6-4-5-7-16(14)18/h4-7,11-12,15,17,19-24H,8-9,13H2,1-3H3,(H,36,39)(H,37,41)/t15-,17+,19+,20+,21-,22-,23-,24+/m0/s1. The molecular formula is C29H31F4N5O3. The molecule has 0 spiro atoms. The van der Waals surface area contributed by atoms with Crippen LogP contribution in [0.25, 0.3) is 10.8 Å². The quantitative estimate of drug-likeness (QED) is 0.528. The molecule has 3 fully saturated rings. The Hall–Kier alpha value is -3.75. The van der Waals surface area contributed by atoms with Gasteiger partial charge in [-0.15, -0.1) is 0 Å². The van der Waals surface area contributed by atoms with Gasteiger partial charge in [0.15, 0.2) is 0 Å². The smallest absolute Gasteiger partial charge is 0.336 e. The van der Waals surface area contributed by atoms with Gasteiger partial charge < -0.3 is 15.5 Å². The molecular weight excluding hydrogens is 542 g/mol. The largest absolute Gasteiger partial charge is 0.471 e. The molecule has 8 nitrogen and oxygen atoms in total. The van der Waals surface area contributed by atoms with Crippen LogP contribution in [0.4, 0.5) is 17.6 Å². The highest BCUT2D eigenvalue weighted by Gasteiger charge is 2.63. The lowest BCUT2D eigenvalue weighted by atomic mass is 9.77. The normalized spacial score (nSPS) is 28.6. The van der Waals surface area contributed by atoms with Gasteiger partial charge in [-0.3, -0.25) is 19.4 Å². The number of amides is 3. The molecule has 1 aromatic carbocycles. The zero-order chi connectivity index (χ0) is 29.9. The number of aromatic nitrogens is 1. The summed E-state index contributed by atoms with van der Waals surface area (Å²) in [5, 5.41) is 16.0. The van der Waals surface area contributed by atoms with E-state index in [2.05, 4.69) is 16.4 Å². The number of nitrogens with zero attached hydrogens (tertiary/aromatic N) is 3. The minimum absolute atomic E-state index is 0.0526. The summed E-state index contributed by atoms with van der Waals surface area (Å²) in [5.74, 6) is -5.14. The average molecular weight is 574 g/mol. The molecule has 2 bridgehead atoms. The van der Waals surface area contributed by atoms with Crippen LogP contribution >= 0.6 is 0 Å². The monoisotopic (exact) mass is 573 g/mol. The third kappa shape index (κ3) is 5.11. The Morgan fingerprint density at radius 2 is 1.78 bits per heavy atom. The number of pyridine rings is 1. The summed E-state index contributed by atoms with van der Waals surface area (Å²) >= 11 is 0. The number of carbonyl (C=O) groups is 3. The number of rotatable bonds is 5. The maximum atomic E-state index is 15.0. The van der Waals surface area contributed by atoms with Crippen molar-refractivity contribution in [2.45, 2.75) is 64.1 Å². The molecule has 5 rings (SSSR count). The zero-order valence-corrected chi connectivity index (χ0v) is 22.8. The summed E-state index contributed by atoms with van der Waals surface area (Å²) in [6.07, 6.45) is -2.42. The summed E-state index contributed by atoms with van der Waals surface area (Å²) < 4.78 is 54.4. The topological polar surface area (TPSA) is 115 Å². The number of carbonyl (C=O) groups excluding carboxylic acids is 3. The van der Waals surface area contributed by atoms with Gasteiger partial charge in [-0.1, -0.05) is 45.0 Å². The fourth-order valence-electron chi connectivity index (χ4n) is 7.07. The summed E-state index contributed by atoms with van der Waals surface area (Å²) in [7, 11) is 0. The molecule has 41 heavy (non-hydrogen) atoms. The van der Waals surface area contributed by atoms with Gasteiger partial charge in [-0.05, 0) is 47.3 Å². The number of likely N-dealkylation sites (tertiary alicyclic amines) is 1. The summed E-state index contributed by atoms with van der Waals surface area (Å²) in [6.45, 7) is 4.59. The van der Waals surface area contributed by atoms with Crippen molar-refractivity contribution in [1.29, 1.82) is 5.26 Å². The van der Waals surface area contributed by atoms with Crippen molar-refractivity contribution in [1.82, 2.24) is 20.5 Å². The maximum absolute atomic E-state index is 15.0. The van der Waals surface area contributed by atoms with Gasteiger partial charge >= 0.3 is 12.1 Å². The molecule has 1 saturated heterocycles. The van der Waals surface area contributed by atoms with Crippen molar-refractivity contribution in [3.05, 3.63) is 42.2 Å². The van der Waals surface area contributed by atoms with E-state index in [1.54, 1.807) is 18.3 Å². The second-order valence-corrected chi connectivity index (χ2v) is 12.4. The lowest BCUT2D eigenvalue weighted by molar-refractivity contribution is -0.176. The third-order valence-electron chi connectivity index (χ3n) is 8.89. The zero-order valence-electron chi connectivity index (χ0n) is 22.8. The van der Waals surface area contributed by atoms with E-state index in [0.29, 0.717) is 23.8 Å². The van der Waals surface area contributed by atoms with Crippen LogP contribution in [0.1, 0.15) is 45.2 Å². The van der Waals surface area contributed by atoms with E-state index in [0.717, 1.165) is 5.39 Å². The number of nitrogens with one attached hydrogen (secondary N) is 2. The SMILES string of the molecule is CC(C)(C)[C@H](NC(=O)C(F)(F)F)C(=O)N1C[C@@H]2[C@H]3C[C@@H]([C@@H]2[C@H]1C(=O)N[C@@H](C#N)c1cncc2ccccc12)[C@H](F)C3. The van der Waals surface area contributed by atoms with Crippen LogP contribution in [0.3, 0.4) is 0 Å². The van der Waals surface area contributed by atoms with E-state index < -0.39 is 65.4 Å².